The van der Waals surface area contributed by atoms with Crippen molar-refractivity contribution < 1.29 is 5.11 Å². The fourth-order valence-corrected chi connectivity index (χ4v) is 3.72. The first-order chi connectivity index (χ1) is 9.92. The smallest absolute Gasteiger partial charge is 0.129 e. The Kier molecular flexibility index (Phi) is 5.73. The highest BCUT2D eigenvalue weighted by atomic mass is 79.9. The van der Waals surface area contributed by atoms with Crippen LogP contribution in [0.15, 0.2) is 22.7 Å². The molecule has 0 atom stereocenters. The van der Waals surface area contributed by atoms with Crippen LogP contribution in [-0.2, 0) is 6.54 Å². The lowest BCUT2D eigenvalue weighted by molar-refractivity contribution is 0.137. The third-order valence-electron chi connectivity index (χ3n) is 5.35. The molecule has 2 N–H and O–H groups in total. The van der Waals surface area contributed by atoms with Crippen molar-refractivity contribution in [3.63, 3.8) is 0 Å². The van der Waals surface area contributed by atoms with Crippen molar-refractivity contribution in [3.05, 3.63) is 28.2 Å². The Bertz CT molecular complexity index is 464. The first kappa shape index (κ1) is 16.8. The van der Waals surface area contributed by atoms with Gasteiger partial charge in [-0.05, 0) is 70.6 Å². The van der Waals surface area contributed by atoms with Crippen molar-refractivity contribution in [1.29, 1.82) is 0 Å². The zero-order valence-corrected chi connectivity index (χ0v) is 15.0. The van der Waals surface area contributed by atoms with Gasteiger partial charge in [-0.1, -0.05) is 33.3 Å². The molecular weight excluding hydrogens is 326 g/mol. The van der Waals surface area contributed by atoms with E-state index in [-0.39, 0.29) is 0 Å². The Morgan fingerprint density at radius 3 is 2.48 bits per heavy atom. The molecule has 0 radical (unpaired) electrons. The van der Waals surface area contributed by atoms with Gasteiger partial charge in [-0.25, -0.2) is 0 Å². The lowest BCUT2D eigenvalue weighted by Gasteiger charge is -2.39. The van der Waals surface area contributed by atoms with E-state index in [0.29, 0.717) is 17.2 Å². The van der Waals surface area contributed by atoms with Crippen LogP contribution in [0.2, 0.25) is 0 Å². The standard InChI is InChI=1S/C18H28BrNO/c1-4-18(2,3)14-6-8-15(9-7-14)20-12-13-5-10-17(21)16(19)11-13/h5,10-11,14-15,20-21H,4,6-9,12H2,1-3H3. The fourth-order valence-electron chi connectivity index (χ4n) is 3.29. The van der Waals surface area contributed by atoms with Gasteiger partial charge in [-0.2, -0.15) is 0 Å². The molecular formula is C18H28BrNO. The average Bonchev–Trinajstić information content (AvgIpc) is 2.49. The van der Waals surface area contributed by atoms with Gasteiger partial charge in [-0.3, -0.25) is 0 Å². The van der Waals surface area contributed by atoms with E-state index in [2.05, 4.69) is 42.0 Å². The number of rotatable bonds is 5. The highest BCUT2D eigenvalue weighted by molar-refractivity contribution is 9.10. The van der Waals surface area contributed by atoms with Crippen LogP contribution in [0.4, 0.5) is 0 Å². The lowest BCUT2D eigenvalue weighted by Crippen LogP contribution is -2.36. The first-order valence-corrected chi connectivity index (χ1v) is 8.92. The van der Waals surface area contributed by atoms with Crippen molar-refractivity contribution in [2.45, 2.75) is 65.5 Å². The van der Waals surface area contributed by atoms with E-state index in [1.807, 2.05) is 12.1 Å². The predicted molar refractivity (Wildman–Crippen MR) is 92.5 cm³/mol. The minimum atomic E-state index is 0.307. The van der Waals surface area contributed by atoms with Crippen molar-refractivity contribution in [2.75, 3.05) is 0 Å². The van der Waals surface area contributed by atoms with Crippen molar-refractivity contribution in [1.82, 2.24) is 5.32 Å². The van der Waals surface area contributed by atoms with E-state index in [4.69, 9.17) is 0 Å². The van der Waals surface area contributed by atoms with Gasteiger partial charge in [0.1, 0.15) is 5.75 Å². The maximum Gasteiger partial charge on any atom is 0.129 e. The number of halogens is 1. The summed E-state index contributed by atoms with van der Waals surface area (Å²) in [6, 6.07) is 6.37. The van der Waals surface area contributed by atoms with E-state index >= 15 is 0 Å². The maximum atomic E-state index is 9.52. The van der Waals surface area contributed by atoms with Crippen molar-refractivity contribution >= 4 is 15.9 Å². The second-order valence-corrected chi connectivity index (χ2v) is 7.91. The van der Waals surface area contributed by atoms with Gasteiger partial charge in [0.25, 0.3) is 0 Å². The second kappa shape index (κ2) is 7.15. The van der Waals surface area contributed by atoms with E-state index in [9.17, 15) is 5.11 Å². The summed E-state index contributed by atoms with van der Waals surface area (Å²) in [5.41, 5.74) is 1.71. The number of hydrogen-bond donors (Lipinski definition) is 2. The lowest BCUT2D eigenvalue weighted by atomic mass is 9.69. The monoisotopic (exact) mass is 353 g/mol. The Hall–Kier alpha value is -0.540. The molecule has 0 aromatic heterocycles. The molecule has 21 heavy (non-hydrogen) atoms. The largest absolute Gasteiger partial charge is 0.507 e. The maximum absolute atomic E-state index is 9.52. The molecule has 0 bridgehead atoms. The van der Waals surface area contributed by atoms with Crippen molar-refractivity contribution in [3.8, 4) is 5.75 Å². The normalized spacial score (nSPS) is 23.2. The van der Waals surface area contributed by atoms with Crippen LogP contribution in [-0.4, -0.2) is 11.1 Å². The summed E-state index contributed by atoms with van der Waals surface area (Å²) < 4.78 is 0.773. The van der Waals surface area contributed by atoms with Gasteiger partial charge >= 0.3 is 0 Å². The topological polar surface area (TPSA) is 32.3 Å². The van der Waals surface area contributed by atoms with E-state index in [0.717, 1.165) is 16.9 Å². The van der Waals surface area contributed by atoms with Crippen LogP contribution >= 0.6 is 15.9 Å². The highest BCUT2D eigenvalue weighted by Gasteiger charge is 2.31. The average molecular weight is 354 g/mol. The van der Waals surface area contributed by atoms with Crippen LogP contribution in [0.25, 0.3) is 0 Å². The molecule has 1 fully saturated rings. The number of phenols is 1. The van der Waals surface area contributed by atoms with E-state index in [1.165, 1.54) is 37.7 Å². The van der Waals surface area contributed by atoms with Crippen LogP contribution in [0.3, 0.4) is 0 Å². The predicted octanol–water partition coefficient (Wildman–Crippen LogP) is 5.24. The third kappa shape index (κ3) is 4.46. The van der Waals surface area contributed by atoms with Gasteiger partial charge < -0.3 is 10.4 Å². The minimum absolute atomic E-state index is 0.307. The molecule has 2 nitrogen and oxygen atoms in total. The van der Waals surface area contributed by atoms with Crippen LogP contribution in [0.1, 0.15) is 58.4 Å². The zero-order valence-electron chi connectivity index (χ0n) is 13.5. The number of hydrogen-bond acceptors (Lipinski definition) is 2. The van der Waals surface area contributed by atoms with Crippen LogP contribution in [0, 0.1) is 11.3 Å². The Morgan fingerprint density at radius 2 is 1.90 bits per heavy atom. The number of phenolic OH excluding ortho intramolecular Hbond substituents is 1. The summed E-state index contributed by atoms with van der Waals surface area (Å²) in [6.45, 7) is 8.02. The minimum Gasteiger partial charge on any atom is -0.507 e. The van der Waals surface area contributed by atoms with Crippen molar-refractivity contribution in [2.24, 2.45) is 11.3 Å². The molecule has 0 amide bonds. The Morgan fingerprint density at radius 1 is 1.24 bits per heavy atom. The Labute approximate surface area is 137 Å². The molecule has 0 aliphatic heterocycles. The van der Waals surface area contributed by atoms with Crippen LogP contribution < -0.4 is 5.32 Å². The summed E-state index contributed by atoms with van der Waals surface area (Å²) in [6.07, 6.45) is 6.54. The summed E-state index contributed by atoms with van der Waals surface area (Å²) in [7, 11) is 0. The zero-order chi connectivity index (χ0) is 15.5. The second-order valence-electron chi connectivity index (χ2n) is 7.06. The molecule has 1 aromatic carbocycles. The molecule has 0 unspecified atom stereocenters. The summed E-state index contributed by atoms with van der Waals surface area (Å²) >= 11 is 3.37. The van der Waals surface area contributed by atoms with Crippen LogP contribution in [0.5, 0.6) is 5.75 Å². The van der Waals surface area contributed by atoms with Gasteiger partial charge in [0.05, 0.1) is 4.47 Å². The molecule has 3 heteroatoms. The van der Waals surface area contributed by atoms with E-state index in [1.54, 1.807) is 6.07 Å². The third-order valence-corrected chi connectivity index (χ3v) is 5.99. The fraction of sp³-hybridized carbons (Fsp3) is 0.667. The molecule has 0 heterocycles. The summed E-state index contributed by atoms with van der Waals surface area (Å²) in [5, 5.41) is 13.2. The van der Waals surface area contributed by atoms with Gasteiger partial charge in [0, 0.05) is 12.6 Å². The molecule has 0 spiro atoms. The molecule has 1 aliphatic rings. The quantitative estimate of drug-likeness (QED) is 0.758. The number of nitrogens with one attached hydrogen (secondary N) is 1. The molecule has 1 aromatic rings. The first-order valence-electron chi connectivity index (χ1n) is 8.13. The number of benzene rings is 1. The Balaban J connectivity index is 1.80. The molecule has 0 saturated heterocycles. The van der Waals surface area contributed by atoms with Gasteiger partial charge in [0.2, 0.25) is 0 Å². The molecule has 118 valence electrons. The van der Waals surface area contributed by atoms with Gasteiger partial charge in [-0.15, -0.1) is 0 Å². The summed E-state index contributed by atoms with van der Waals surface area (Å²) in [5.74, 6) is 1.18. The molecule has 1 saturated carbocycles. The SMILES string of the molecule is CCC(C)(C)C1CCC(NCc2ccc(O)c(Br)c2)CC1. The van der Waals surface area contributed by atoms with Gasteiger partial charge in [0.15, 0.2) is 0 Å². The highest BCUT2D eigenvalue weighted by Crippen LogP contribution is 2.40. The summed E-state index contributed by atoms with van der Waals surface area (Å²) in [4.78, 5) is 0. The molecule has 1 aliphatic carbocycles. The molecule has 2 rings (SSSR count). The number of aromatic hydroxyl groups is 1. The van der Waals surface area contributed by atoms with E-state index < -0.39 is 0 Å².